The van der Waals surface area contributed by atoms with Crippen LogP contribution in [0.25, 0.3) is 0 Å². The number of carboxylic acids is 1. The molecule has 1 fully saturated rings. The van der Waals surface area contributed by atoms with Crippen LogP contribution in [-0.2, 0) is 4.74 Å². The van der Waals surface area contributed by atoms with E-state index < -0.39 is 53.8 Å². The normalized spacial score (nSPS) is 29.9. The third-order valence-corrected chi connectivity index (χ3v) is 3.58. The molecule has 0 saturated carbocycles. The molecule has 2 rings (SSSR count). The molecule has 1 aliphatic rings. The van der Waals surface area contributed by atoms with E-state index in [-0.39, 0.29) is 11.3 Å². The van der Waals surface area contributed by atoms with Gasteiger partial charge in [0.1, 0.15) is 24.4 Å². The average Bonchev–Trinajstić information content (AvgIpc) is 2.55. The quantitative estimate of drug-likeness (QED) is 0.271. The number of non-ortho nitro benzene ring substituents is 1. The minimum atomic E-state index is -1.63. The molecular formula is C13H16N2O9. The first kappa shape index (κ1) is 18.0. The predicted molar refractivity (Wildman–Crippen MR) is 77.4 cm³/mol. The Labute approximate surface area is 134 Å². The molecule has 0 amide bonds. The largest absolute Gasteiger partial charge is 0.478 e. The number of hydrogen-bond donors (Lipinski definition) is 6. The first-order valence-corrected chi connectivity index (χ1v) is 6.84. The number of nitrogens with zero attached hydrogens (tertiary/aromatic N) is 1. The number of carbonyl (C=O) groups is 1. The van der Waals surface area contributed by atoms with Gasteiger partial charge in [0.15, 0.2) is 6.23 Å². The molecule has 0 unspecified atom stereocenters. The second kappa shape index (κ2) is 7.07. The van der Waals surface area contributed by atoms with E-state index in [1.165, 1.54) is 0 Å². The van der Waals surface area contributed by atoms with Gasteiger partial charge in [0.2, 0.25) is 0 Å². The highest BCUT2D eigenvalue weighted by Gasteiger charge is 2.43. The summed E-state index contributed by atoms with van der Waals surface area (Å²) in [6.07, 6.45) is -7.30. The van der Waals surface area contributed by atoms with Gasteiger partial charge in [-0.15, -0.1) is 0 Å². The lowest BCUT2D eigenvalue weighted by Crippen LogP contribution is -2.60. The number of nitro benzene ring substituents is 1. The van der Waals surface area contributed by atoms with Gasteiger partial charge in [0.25, 0.3) is 5.69 Å². The summed E-state index contributed by atoms with van der Waals surface area (Å²) in [7, 11) is 0. The number of benzene rings is 1. The maximum atomic E-state index is 11.0. The van der Waals surface area contributed by atoms with Crippen molar-refractivity contribution in [1.82, 2.24) is 0 Å². The van der Waals surface area contributed by atoms with E-state index in [2.05, 4.69) is 5.32 Å². The highest BCUT2D eigenvalue weighted by Crippen LogP contribution is 2.26. The molecule has 11 nitrogen and oxygen atoms in total. The molecule has 5 atom stereocenters. The Bertz CT molecular complexity index is 604. The van der Waals surface area contributed by atoms with Crippen molar-refractivity contribution in [2.45, 2.75) is 30.6 Å². The number of aliphatic hydroxyl groups is 4. The van der Waals surface area contributed by atoms with Crippen molar-refractivity contribution in [3.63, 3.8) is 0 Å². The maximum Gasteiger partial charge on any atom is 0.336 e. The molecular weight excluding hydrogens is 328 g/mol. The summed E-state index contributed by atoms with van der Waals surface area (Å²) in [6.45, 7) is -0.640. The molecule has 1 aromatic carbocycles. The Morgan fingerprint density at radius 2 is 1.88 bits per heavy atom. The van der Waals surface area contributed by atoms with Gasteiger partial charge in [-0.1, -0.05) is 0 Å². The lowest BCUT2D eigenvalue weighted by Gasteiger charge is -2.40. The van der Waals surface area contributed by atoms with E-state index in [9.17, 15) is 30.2 Å². The lowest BCUT2D eigenvalue weighted by atomic mass is 9.98. The van der Waals surface area contributed by atoms with Crippen LogP contribution in [0.4, 0.5) is 11.4 Å². The van der Waals surface area contributed by atoms with Crippen molar-refractivity contribution in [2.75, 3.05) is 11.9 Å². The summed E-state index contributed by atoms with van der Waals surface area (Å²) in [5.74, 6) is -1.39. The molecule has 0 spiro atoms. The van der Waals surface area contributed by atoms with Crippen LogP contribution in [0.1, 0.15) is 10.4 Å². The predicted octanol–water partition coefficient (Wildman–Crippen LogP) is -1.50. The van der Waals surface area contributed by atoms with E-state index >= 15 is 0 Å². The number of aliphatic hydroxyl groups excluding tert-OH is 4. The molecule has 0 radical (unpaired) electrons. The standard InChI is InChI=1S/C13H16N2O9/c16-4-8-9(17)10(18)11(19)12(24-8)14-6-1-5(13(20)21)2-7(3-6)15(22)23/h1-3,8-12,14,16-19H,4H2,(H,20,21)/t8-,9-,10+,11-,12-/m1/s1. The molecule has 1 heterocycles. The van der Waals surface area contributed by atoms with Gasteiger partial charge >= 0.3 is 5.97 Å². The fourth-order valence-electron chi connectivity index (χ4n) is 2.31. The first-order valence-electron chi connectivity index (χ1n) is 6.84. The van der Waals surface area contributed by atoms with Gasteiger partial charge in [-0.05, 0) is 6.07 Å². The molecule has 0 bridgehead atoms. The fourth-order valence-corrected chi connectivity index (χ4v) is 2.31. The summed E-state index contributed by atoms with van der Waals surface area (Å²) >= 11 is 0. The van der Waals surface area contributed by atoms with Gasteiger partial charge in [0.05, 0.1) is 17.1 Å². The number of ether oxygens (including phenoxy) is 1. The maximum absolute atomic E-state index is 11.0. The first-order chi connectivity index (χ1) is 11.2. The Balaban J connectivity index is 2.29. The van der Waals surface area contributed by atoms with E-state index in [0.717, 1.165) is 18.2 Å². The Hall–Kier alpha value is -2.31. The van der Waals surface area contributed by atoms with Gasteiger partial charge in [-0.2, -0.15) is 0 Å². The molecule has 0 aliphatic carbocycles. The van der Waals surface area contributed by atoms with Gasteiger partial charge < -0.3 is 35.6 Å². The zero-order valence-electron chi connectivity index (χ0n) is 12.1. The van der Waals surface area contributed by atoms with E-state index in [0.29, 0.717) is 0 Å². The third kappa shape index (κ3) is 3.60. The number of aromatic carboxylic acids is 1. The molecule has 24 heavy (non-hydrogen) atoms. The van der Waals surface area contributed by atoms with Gasteiger partial charge in [-0.25, -0.2) is 4.79 Å². The molecule has 0 aromatic heterocycles. The van der Waals surface area contributed by atoms with Crippen LogP contribution in [0, 0.1) is 10.1 Å². The highest BCUT2D eigenvalue weighted by atomic mass is 16.6. The number of carboxylic acid groups (broad SMARTS) is 1. The molecule has 11 heteroatoms. The Morgan fingerprint density at radius 3 is 2.42 bits per heavy atom. The van der Waals surface area contributed by atoms with Crippen LogP contribution < -0.4 is 5.32 Å². The molecule has 1 aliphatic heterocycles. The van der Waals surface area contributed by atoms with E-state index in [1.807, 2.05) is 0 Å². The summed E-state index contributed by atoms with van der Waals surface area (Å²) in [5, 5.41) is 60.8. The minimum absolute atomic E-state index is 0.0501. The number of nitrogens with one attached hydrogen (secondary N) is 1. The summed E-state index contributed by atoms with van der Waals surface area (Å²) in [6, 6.07) is 2.96. The number of hydrogen-bond acceptors (Lipinski definition) is 9. The Morgan fingerprint density at radius 1 is 1.21 bits per heavy atom. The second-order valence-electron chi connectivity index (χ2n) is 5.22. The van der Waals surface area contributed by atoms with Crippen LogP contribution in [0.3, 0.4) is 0 Å². The van der Waals surface area contributed by atoms with Crippen molar-refractivity contribution < 1.29 is 40.0 Å². The number of rotatable bonds is 5. The summed E-state index contributed by atoms with van der Waals surface area (Å²) < 4.78 is 5.20. The average molecular weight is 344 g/mol. The monoisotopic (exact) mass is 344 g/mol. The SMILES string of the molecule is O=C(O)c1cc(N[C@@H]2O[C@H](CO)[C@@H](O)[C@H](O)[C@H]2O)cc([N+](=O)[O-])c1. The number of nitro groups is 1. The number of anilines is 1. The fraction of sp³-hybridized carbons (Fsp3) is 0.462. The van der Waals surface area contributed by atoms with Crippen molar-refractivity contribution >= 4 is 17.3 Å². The zero-order chi connectivity index (χ0) is 18.0. The highest BCUT2D eigenvalue weighted by molar-refractivity contribution is 5.90. The Kier molecular flexibility index (Phi) is 5.31. The van der Waals surface area contributed by atoms with E-state index in [4.69, 9.17) is 14.9 Å². The minimum Gasteiger partial charge on any atom is -0.478 e. The van der Waals surface area contributed by atoms with Crippen LogP contribution in [0.5, 0.6) is 0 Å². The third-order valence-electron chi connectivity index (χ3n) is 3.58. The second-order valence-corrected chi connectivity index (χ2v) is 5.22. The van der Waals surface area contributed by atoms with Crippen molar-refractivity contribution in [2.24, 2.45) is 0 Å². The van der Waals surface area contributed by atoms with Crippen molar-refractivity contribution in [1.29, 1.82) is 0 Å². The van der Waals surface area contributed by atoms with Gasteiger partial charge in [-0.3, -0.25) is 10.1 Å². The van der Waals surface area contributed by atoms with Crippen molar-refractivity contribution in [3.05, 3.63) is 33.9 Å². The lowest BCUT2D eigenvalue weighted by molar-refractivity contribution is -0.384. The van der Waals surface area contributed by atoms with E-state index in [1.54, 1.807) is 0 Å². The van der Waals surface area contributed by atoms with Crippen LogP contribution in [0.15, 0.2) is 18.2 Å². The molecule has 6 N–H and O–H groups in total. The smallest absolute Gasteiger partial charge is 0.336 e. The summed E-state index contributed by atoms with van der Waals surface area (Å²) in [4.78, 5) is 21.1. The summed E-state index contributed by atoms with van der Waals surface area (Å²) in [5.41, 5.74) is -0.913. The van der Waals surface area contributed by atoms with Crippen LogP contribution in [0.2, 0.25) is 0 Å². The molecule has 1 aromatic rings. The van der Waals surface area contributed by atoms with Crippen LogP contribution >= 0.6 is 0 Å². The zero-order valence-corrected chi connectivity index (χ0v) is 12.1. The van der Waals surface area contributed by atoms with Crippen molar-refractivity contribution in [3.8, 4) is 0 Å². The van der Waals surface area contributed by atoms with Crippen LogP contribution in [-0.4, -0.2) is 73.7 Å². The molecule has 132 valence electrons. The van der Waals surface area contributed by atoms with Gasteiger partial charge in [0, 0.05) is 17.8 Å². The molecule has 1 saturated heterocycles. The topological polar surface area (TPSA) is 183 Å².